The van der Waals surface area contributed by atoms with Gasteiger partial charge in [-0.3, -0.25) is 4.79 Å². The van der Waals surface area contributed by atoms with Crippen LogP contribution in [0.25, 0.3) is 0 Å². The molecule has 6 nitrogen and oxygen atoms in total. The van der Waals surface area contributed by atoms with E-state index < -0.39 is 31.3 Å². The minimum atomic E-state index is -4.73. The Hall–Kier alpha value is -2.11. The van der Waals surface area contributed by atoms with Crippen molar-refractivity contribution in [3.63, 3.8) is 0 Å². The number of hydrogen-bond donors (Lipinski definition) is 1. The van der Waals surface area contributed by atoms with Crippen molar-refractivity contribution in [2.75, 3.05) is 50.1 Å². The number of amides is 1. The second kappa shape index (κ2) is 10.7. The number of nitrogens with one attached hydrogen (secondary N) is 1. The van der Waals surface area contributed by atoms with Gasteiger partial charge >= 0.3 is 6.18 Å². The molecular formula is C23H30BrF3N4O2Si. The Balaban J connectivity index is 1.85. The zero-order valence-corrected chi connectivity index (χ0v) is 22.4. The smallest absolute Gasteiger partial charge is 0.417 e. The maximum atomic E-state index is 13.8. The van der Waals surface area contributed by atoms with Crippen molar-refractivity contribution >= 4 is 41.3 Å². The van der Waals surface area contributed by atoms with Gasteiger partial charge < -0.3 is 19.9 Å². The lowest BCUT2D eigenvalue weighted by Crippen LogP contribution is -2.44. The SMILES string of the molecule is CN1CCN(c2ccc(Br)cc2NC(=O)c2cnc(OCC[Si](C)(C)C)cc2C(F)(F)F)CC1. The molecule has 34 heavy (non-hydrogen) atoms. The Morgan fingerprint density at radius 1 is 1.18 bits per heavy atom. The van der Waals surface area contributed by atoms with E-state index in [4.69, 9.17) is 4.74 Å². The van der Waals surface area contributed by atoms with Crippen LogP contribution in [-0.2, 0) is 6.18 Å². The number of alkyl halides is 3. The highest BCUT2D eigenvalue weighted by molar-refractivity contribution is 9.10. The fraction of sp³-hybridized carbons (Fsp3) is 0.478. The Morgan fingerprint density at radius 2 is 1.85 bits per heavy atom. The Bertz CT molecular complexity index is 1020. The molecule has 3 rings (SSSR count). The average molecular weight is 560 g/mol. The van der Waals surface area contributed by atoms with Gasteiger partial charge in [-0.1, -0.05) is 35.6 Å². The molecule has 1 fully saturated rings. The fourth-order valence-corrected chi connectivity index (χ4v) is 4.59. The van der Waals surface area contributed by atoms with Gasteiger partial charge in [0.25, 0.3) is 5.91 Å². The van der Waals surface area contributed by atoms with E-state index in [1.54, 1.807) is 6.07 Å². The van der Waals surface area contributed by atoms with Crippen LogP contribution in [0.5, 0.6) is 5.88 Å². The van der Waals surface area contributed by atoms with Crippen molar-refractivity contribution in [1.82, 2.24) is 9.88 Å². The first-order valence-corrected chi connectivity index (χ1v) is 15.6. The zero-order chi connectivity index (χ0) is 25.1. The molecule has 0 saturated carbocycles. The van der Waals surface area contributed by atoms with Crippen LogP contribution in [0.2, 0.25) is 25.7 Å². The molecule has 1 amide bonds. The molecule has 0 aliphatic carbocycles. The molecule has 1 aliphatic heterocycles. The van der Waals surface area contributed by atoms with Crippen LogP contribution in [0, 0.1) is 0 Å². The van der Waals surface area contributed by atoms with Gasteiger partial charge in [0.1, 0.15) is 0 Å². The lowest BCUT2D eigenvalue weighted by atomic mass is 10.1. The third-order valence-corrected chi connectivity index (χ3v) is 7.78. The zero-order valence-electron chi connectivity index (χ0n) is 19.8. The molecule has 0 radical (unpaired) electrons. The first-order chi connectivity index (χ1) is 15.8. The normalized spacial score (nSPS) is 15.4. The summed E-state index contributed by atoms with van der Waals surface area (Å²) in [4.78, 5) is 21.3. The van der Waals surface area contributed by atoms with E-state index in [0.29, 0.717) is 10.2 Å². The number of anilines is 2. The van der Waals surface area contributed by atoms with Gasteiger partial charge in [-0.15, -0.1) is 0 Å². The molecular weight excluding hydrogens is 529 g/mol. The summed E-state index contributed by atoms with van der Waals surface area (Å²) in [5.41, 5.74) is -0.418. The maximum absolute atomic E-state index is 13.8. The van der Waals surface area contributed by atoms with Crippen LogP contribution in [0.3, 0.4) is 0 Å². The topological polar surface area (TPSA) is 57.7 Å². The number of pyridine rings is 1. The quantitative estimate of drug-likeness (QED) is 0.449. The van der Waals surface area contributed by atoms with Gasteiger partial charge in [0.15, 0.2) is 0 Å². The van der Waals surface area contributed by atoms with Gasteiger partial charge in [0, 0.05) is 51.0 Å². The molecule has 2 aromatic rings. The third-order valence-electron chi connectivity index (χ3n) is 5.58. The highest BCUT2D eigenvalue weighted by Gasteiger charge is 2.36. The van der Waals surface area contributed by atoms with Crippen LogP contribution in [0.1, 0.15) is 15.9 Å². The van der Waals surface area contributed by atoms with E-state index in [2.05, 4.69) is 55.7 Å². The summed E-state index contributed by atoms with van der Waals surface area (Å²) in [7, 11) is 0.622. The molecule has 11 heteroatoms. The number of nitrogens with zero attached hydrogens (tertiary/aromatic N) is 3. The Kier molecular flexibility index (Phi) is 8.30. The summed E-state index contributed by atoms with van der Waals surface area (Å²) in [5, 5.41) is 2.67. The minimum Gasteiger partial charge on any atom is -0.478 e. The fourth-order valence-electron chi connectivity index (χ4n) is 3.51. The van der Waals surface area contributed by atoms with Crippen molar-refractivity contribution < 1.29 is 22.7 Å². The molecule has 1 N–H and O–H groups in total. The van der Waals surface area contributed by atoms with Gasteiger partial charge in [-0.25, -0.2) is 4.98 Å². The number of piperazine rings is 1. The first-order valence-electron chi connectivity index (χ1n) is 11.1. The number of carbonyl (C=O) groups is 1. The van der Waals surface area contributed by atoms with Gasteiger partial charge in [0.05, 0.1) is 29.1 Å². The number of likely N-dealkylation sites (N-methyl/N-ethyl adjacent to an activating group) is 1. The summed E-state index contributed by atoms with van der Waals surface area (Å²) < 4.78 is 47.7. The standard InChI is InChI=1S/C23H30BrF3N4O2Si/c1-30-7-9-31(10-8-30)20-6-5-16(24)13-19(20)29-22(32)17-15-28-21(14-18(17)23(25,26)27)33-11-12-34(2,3)4/h5-6,13-15H,7-12H2,1-4H3,(H,29,32). The van der Waals surface area contributed by atoms with Crippen molar-refractivity contribution in [2.45, 2.75) is 31.9 Å². The number of hydrogen-bond acceptors (Lipinski definition) is 5. The Labute approximate surface area is 207 Å². The second-order valence-corrected chi connectivity index (χ2v) is 16.2. The highest BCUT2D eigenvalue weighted by atomic mass is 79.9. The van der Waals surface area contributed by atoms with Crippen molar-refractivity contribution in [3.8, 4) is 5.88 Å². The predicted octanol–water partition coefficient (Wildman–Crippen LogP) is 5.58. The van der Waals surface area contributed by atoms with E-state index >= 15 is 0 Å². The molecule has 1 saturated heterocycles. The minimum absolute atomic E-state index is 0.136. The van der Waals surface area contributed by atoms with E-state index in [-0.39, 0.29) is 12.5 Å². The molecule has 186 valence electrons. The lowest BCUT2D eigenvalue weighted by molar-refractivity contribution is -0.138. The lowest BCUT2D eigenvalue weighted by Gasteiger charge is -2.35. The van der Waals surface area contributed by atoms with Gasteiger partial charge in [-0.05, 0) is 31.3 Å². The summed E-state index contributed by atoms with van der Waals surface area (Å²) in [6.45, 7) is 9.94. The number of carbonyl (C=O) groups excluding carboxylic acids is 1. The maximum Gasteiger partial charge on any atom is 0.417 e. The molecule has 0 atom stereocenters. The highest BCUT2D eigenvalue weighted by Crippen LogP contribution is 2.35. The number of aromatic nitrogens is 1. The first kappa shape index (κ1) is 26.5. The number of benzene rings is 1. The number of rotatable bonds is 7. The summed E-state index contributed by atoms with van der Waals surface area (Å²) in [6, 6.07) is 6.99. The molecule has 0 bridgehead atoms. The molecule has 1 aromatic carbocycles. The van der Waals surface area contributed by atoms with Crippen LogP contribution >= 0.6 is 15.9 Å². The van der Waals surface area contributed by atoms with Crippen molar-refractivity contribution in [3.05, 3.63) is 46.1 Å². The van der Waals surface area contributed by atoms with Crippen LogP contribution in [0.15, 0.2) is 34.9 Å². The largest absolute Gasteiger partial charge is 0.478 e. The summed E-state index contributed by atoms with van der Waals surface area (Å²) >= 11 is 3.39. The van der Waals surface area contributed by atoms with Crippen molar-refractivity contribution in [2.24, 2.45) is 0 Å². The Morgan fingerprint density at radius 3 is 2.47 bits per heavy atom. The number of ether oxygens (including phenoxy) is 1. The second-order valence-electron chi connectivity index (χ2n) is 9.63. The molecule has 1 aromatic heterocycles. The third kappa shape index (κ3) is 7.19. The monoisotopic (exact) mass is 558 g/mol. The van der Waals surface area contributed by atoms with E-state index in [1.807, 2.05) is 19.2 Å². The molecule has 1 aliphatic rings. The summed E-state index contributed by atoms with van der Waals surface area (Å²) in [6.07, 6.45) is -3.79. The summed E-state index contributed by atoms with van der Waals surface area (Å²) in [5.74, 6) is -1.01. The van der Waals surface area contributed by atoms with Crippen LogP contribution < -0.4 is 15.0 Å². The van der Waals surface area contributed by atoms with Crippen LogP contribution in [0.4, 0.5) is 24.5 Å². The average Bonchev–Trinajstić information content (AvgIpc) is 2.73. The van der Waals surface area contributed by atoms with Crippen LogP contribution in [-0.4, -0.2) is 63.7 Å². The number of halogens is 4. The van der Waals surface area contributed by atoms with Gasteiger partial charge in [0.2, 0.25) is 5.88 Å². The molecule has 0 spiro atoms. The van der Waals surface area contributed by atoms with E-state index in [9.17, 15) is 18.0 Å². The van der Waals surface area contributed by atoms with Crippen molar-refractivity contribution in [1.29, 1.82) is 0 Å². The van der Waals surface area contributed by atoms with E-state index in [1.165, 1.54) is 0 Å². The molecule has 0 unspecified atom stereocenters. The van der Waals surface area contributed by atoms with Gasteiger partial charge in [-0.2, -0.15) is 13.2 Å². The predicted molar refractivity (Wildman–Crippen MR) is 135 cm³/mol. The van der Waals surface area contributed by atoms with E-state index in [0.717, 1.165) is 50.2 Å². The molecule has 2 heterocycles.